The summed E-state index contributed by atoms with van der Waals surface area (Å²) in [6.45, 7) is 4.69. The number of nitrogens with one attached hydrogen (secondary N) is 1. The molecule has 1 aliphatic carbocycles. The fourth-order valence-corrected chi connectivity index (χ4v) is 6.65. The number of halogens is 1. The number of benzene rings is 2. The molecule has 9 nitrogen and oxygen atoms in total. The predicted molar refractivity (Wildman–Crippen MR) is 166 cm³/mol. The summed E-state index contributed by atoms with van der Waals surface area (Å²) in [4.78, 5) is 23.2. The van der Waals surface area contributed by atoms with E-state index in [2.05, 4.69) is 60.0 Å². The van der Waals surface area contributed by atoms with E-state index < -0.39 is 0 Å². The molecule has 2 aliphatic rings. The van der Waals surface area contributed by atoms with Gasteiger partial charge in [0.25, 0.3) is 0 Å². The summed E-state index contributed by atoms with van der Waals surface area (Å²) in [5.41, 5.74) is 11.2. The van der Waals surface area contributed by atoms with Gasteiger partial charge in [0.15, 0.2) is 0 Å². The molecule has 5 aromatic rings. The molecule has 0 amide bonds. The lowest BCUT2D eigenvalue weighted by atomic mass is 9.89. The van der Waals surface area contributed by atoms with E-state index in [0.29, 0.717) is 28.9 Å². The lowest BCUT2D eigenvalue weighted by Gasteiger charge is -2.41. The molecular weight excluding hydrogens is 534 g/mol. The van der Waals surface area contributed by atoms with E-state index in [4.69, 9.17) is 22.3 Å². The number of nitrogens with two attached hydrogens (primary N) is 1. The van der Waals surface area contributed by atoms with Crippen molar-refractivity contribution < 1.29 is 0 Å². The molecule has 0 bridgehead atoms. The third-order valence-corrected chi connectivity index (χ3v) is 9.11. The second kappa shape index (κ2) is 10.9. The Balaban J connectivity index is 1.12. The van der Waals surface area contributed by atoms with Crippen LogP contribution < -0.4 is 11.1 Å². The van der Waals surface area contributed by atoms with Gasteiger partial charge in [-0.3, -0.25) is 4.90 Å². The number of nitrogen functional groups attached to an aromatic ring is 1. The van der Waals surface area contributed by atoms with Gasteiger partial charge in [-0.25, -0.2) is 19.9 Å². The molecule has 7 rings (SSSR count). The van der Waals surface area contributed by atoms with Crippen LogP contribution in [0.5, 0.6) is 0 Å². The molecule has 2 fully saturated rings. The van der Waals surface area contributed by atoms with Crippen LogP contribution in [-0.2, 0) is 0 Å². The highest BCUT2D eigenvalue weighted by molar-refractivity contribution is 6.35. The number of fused-ring (bicyclic) bond motifs is 2. The van der Waals surface area contributed by atoms with Crippen molar-refractivity contribution in [2.24, 2.45) is 0 Å². The normalized spacial score (nSPS) is 20.5. The molecule has 3 N–H and O–H groups in total. The average molecular weight is 568 g/mol. The molecule has 0 radical (unpaired) electrons. The van der Waals surface area contributed by atoms with Crippen molar-refractivity contribution in [3.05, 3.63) is 66.2 Å². The van der Waals surface area contributed by atoms with Gasteiger partial charge in [0.1, 0.15) is 17.8 Å². The standard InChI is InChI=1S/C31H34ClN9/c1-39-13-15-40(16-14-39)22-9-11-23(12-10-22)41-18-25(28-29(33)35-19-36-30(28)41)20-5-7-21(8-6-20)37-31-34-17-24-26(32)3-2-4-27(24)38-31/h2-8,17-19,22-23H,9-16H2,1H3,(H2,33,35,36)(H,34,37,38)/t22-,23-. The highest BCUT2D eigenvalue weighted by atomic mass is 35.5. The van der Waals surface area contributed by atoms with Crippen LogP contribution in [0.2, 0.25) is 5.02 Å². The molecule has 0 atom stereocenters. The van der Waals surface area contributed by atoms with Crippen LogP contribution in [0.15, 0.2) is 61.2 Å². The SMILES string of the molecule is CN1CCN([C@H]2CC[C@H](n3cc(-c4ccc(Nc5ncc6c(Cl)cccc6n5)cc4)c4c(N)ncnc43)CC2)CC1. The van der Waals surface area contributed by atoms with Crippen molar-refractivity contribution >= 4 is 51.0 Å². The van der Waals surface area contributed by atoms with Gasteiger partial charge in [-0.1, -0.05) is 29.8 Å². The summed E-state index contributed by atoms with van der Waals surface area (Å²) < 4.78 is 2.35. The van der Waals surface area contributed by atoms with Gasteiger partial charge in [-0.2, -0.15) is 0 Å². The number of nitrogens with zero attached hydrogens (tertiary/aromatic N) is 7. The van der Waals surface area contributed by atoms with Crippen LogP contribution in [0, 0.1) is 0 Å². The monoisotopic (exact) mass is 567 g/mol. The number of rotatable bonds is 5. The van der Waals surface area contributed by atoms with Crippen LogP contribution in [0.4, 0.5) is 17.5 Å². The Morgan fingerprint density at radius 2 is 1.66 bits per heavy atom. The Bertz CT molecular complexity index is 1680. The summed E-state index contributed by atoms with van der Waals surface area (Å²) in [5, 5.41) is 5.70. The summed E-state index contributed by atoms with van der Waals surface area (Å²) in [6.07, 6.45) is 10.3. The minimum atomic E-state index is 0.406. The zero-order chi connectivity index (χ0) is 27.9. The maximum absolute atomic E-state index is 6.44. The maximum atomic E-state index is 6.44. The number of hydrogen-bond donors (Lipinski definition) is 2. The van der Waals surface area contributed by atoms with Crippen LogP contribution in [-0.4, -0.2) is 73.6 Å². The van der Waals surface area contributed by atoms with Gasteiger partial charge in [-0.05, 0) is 62.6 Å². The number of anilines is 3. The molecule has 0 unspecified atom stereocenters. The van der Waals surface area contributed by atoms with Crippen molar-refractivity contribution in [3.63, 3.8) is 0 Å². The molecule has 2 aromatic carbocycles. The van der Waals surface area contributed by atoms with Gasteiger partial charge in [0.05, 0.1) is 15.9 Å². The zero-order valence-electron chi connectivity index (χ0n) is 23.2. The third-order valence-electron chi connectivity index (χ3n) is 8.78. The topological polar surface area (TPSA) is 101 Å². The number of hydrogen-bond acceptors (Lipinski definition) is 8. The predicted octanol–water partition coefficient (Wildman–Crippen LogP) is 5.75. The molecule has 1 aliphatic heterocycles. The van der Waals surface area contributed by atoms with Crippen LogP contribution in [0.25, 0.3) is 33.1 Å². The van der Waals surface area contributed by atoms with Crippen molar-refractivity contribution in [1.29, 1.82) is 0 Å². The Kier molecular flexibility index (Phi) is 6.94. The molecular formula is C31H34ClN9. The van der Waals surface area contributed by atoms with E-state index in [1.165, 1.54) is 39.0 Å². The highest BCUT2D eigenvalue weighted by Gasteiger charge is 2.30. The van der Waals surface area contributed by atoms with Crippen LogP contribution in [0.1, 0.15) is 31.7 Å². The first-order valence-corrected chi connectivity index (χ1v) is 14.7. The number of aromatic nitrogens is 5. The zero-order valence-corrected chi connectivity index (χ0v) is 23.9. The number of likely N-dealkylation sites (N-methyl/N-ethyl adjacent to an activating group) is 1. The maximum Gasteiger partial charge on any atom is 0.227 e. The molecule has 41 heavy (non-hydrogen) atoms. The smallest absolute Gasteiger partial charge is 0.227 e. The molecule has 0 spiro atoms. The molecule has 210 valence electrons. The Hall–Kier alpha value is -3.79. The first-order valence-electron chi connectivity index (χ1n) is 14.4. The van der Waals surface area contributed by atoms with E-state index in [1.54, 1.807) is 12.5 Å². The minimum Gasteiger partial charge on any atom is -0.383 e. The van der Waals surface area contributed by atoms with E-state index >= 15 is 0 Å². The van der Waals surface area contributed by atoms with Crippen molar-refractivity contribution in [1.82, 2.24) is 34.3 Å². The van der Waals surface area contributed by atoms with Gasteiger partial charge >= 0.3 is 0 Å². The quantitative estimate of drug-likeness (QED) is 0.277. The fourth-order valence-electron chi connectivity index (χ4n) is 6.44. The Morgan fingerprint density at radius 3 is 2.44 bits per heavy atom. The highest BCUT2D eigenvalue weighted by Crippen LogP contribution is 2.39. The van der Waals surface area contributed by atoms with Gasteiger partial charge in [-0.15, -0.1) is 0 Å². The van der Waals surface area contributed by atoms with Crippen LogP contribution in [0.3, 0.4) is 0 Å². The van der Waals surface area contributed by atoms with E-state index in [-0.39, 0.29) is 0 Å². The third kappa shape index (κ3) is 5.09. The lowest BCUT2D eigenvalue weighted by Crippen LogP contribution is -2.49. The summed E-state index contributed by atoms with van der Waals surface area (Å²) in [5.74, 6) is 1.04. The van der Waals surface area contributed by atoms with Crippen molar-refractivity contribution in [2.45, 2.75) is 37.8 Å². The second-order valence-corrected chi connectivity index (χ2v) is 11.7. The molecule has 1 saturated carbocycles. The van der Waals surface area contributed by atoms with Crippen molar-refractivity contribution in [2.75, 3.05) is 44.3 Å². The van der Waals surface area contributed by atoms with E-state index in [0.717, 1.165) is 51.6 Å². The molecule has 4 heterocycles. The number of piperazine rings is 1. The fraction of sp³-hybridized carbons (Fsp3) is 0.355. The summed E-state index contributed by atoms with van der Waals surface area (Å²) in [7, 11) is 2.22. The first-order chi connectivity index (χ1) is 20.0. The Labute approximate surface area is 244 Å². The summed E-state index contributed by atoms with van der Waals surface area (Å²) >= 11 is 6.27. The van der Waals surface area contributed by atoms with Crippen LogP contribution >= 0.6 is 11.6 Å². The lowest BCUT2D eigenvalue weighted by molar-refractivity contribution is 0.0828. The Morgan fingerprint density at radius 1 is 0.902 bits per heavy atom. The van der Waals surface area contributed by atoms with E-state index in [1.807, 2.05) is 30.3 Å². The first kappa shape index (κ1) is 26.1. The molecule has 3 aromatic heterocycles. The molecule has 1 saturated heterocycles. The molecule has 10 heteroatoms. The second-order valence-electron chi connectivity index (χ2n) is 11.3. The minimum absolute atomic E-state index is 0.406. The van der Waals surface area contributed by atoms with Gasteiger partial charge < -0.3 is 20.5 Å². The summed E-state index contributed by atoms with van der Waals surface area (Å²) in [6, 6.07) is 15.0. The van der Waals surface area contributed by atoms with Gasteiger partial charge in [0.2, 0.25) is 5.95 Å². The van der Waals surface area contributed by atoms with Crippen molar-refractivity contribution in [3.8, 4) is 11.1 Å². The van der Waals surface area contributed by atoms with Gasteiger partial charge in [0, 0.05) is 67.3 Å². The van der Waals surface area contributed by atoms with E-state index in [9.17, 15) is 0 Å². The largest absolute Gasteiger partial charge is 0.383 e. The average Bonchev–Trinajstić information content (AvgIpc) is 3.39.